The lowest BCUT2D eigenvalue weighted by Gasteiger charge is -2.25. The van der Waals surface area contributed by atoms with Crippen LogP contribution in [0.25, 0.3) is 0 Å². The minimum atomic E-state index is -3.53. The van der Waals surface area contributed by atoms with Crippen LogP contribution < -0.4 is 0 Å². The highest BCUT2D eigenvalue weighted by atomic mass is 32.2. The highest BCUT2D eigenvalue weighted by Crippen LogP contribution is 2.22. The molecule has 0 spiro atoms. The van der Waals surface area contributed by atoms with Crippen LogP contribution in [0.2, 0.25) is 0 Å². The van der Waals surface area contributed by atoms with Gasteiger partial charge in [0, 0.05) is 26.7 Å². The minimum Gasteiger partial charge on any atom is -0.335 e. The molecule has 0 aliphatic heterocycles. The molecule has 0 heterocycles. The first-order valence-electron chi connectivity index (χ1n) is 7.70. The lowest BCUT2D eigenvalue weighted by molar-refractivity contribution is 0.0742. The van der Waals surface area contributed by atoms with Gasteiger partial charge in [-0.1, -0.05) is 12.1 Å². The summed E-state index contributed by atoms with van der Waals surface area (Å²) in [6.45, 7) is 1.84. The quantitative estimate of drug-likeness (QED) is 0.820. The second-order valence-electron chi connectivity index (χ2n) is 5.96. The molecule has 2 aromatic carbocycles. The molecule has 1 unspecified atom stereocenters. The van der Waals surface area contributed by atoms with Crippen LogP contribution in [0.4, 0.5) is 4.39 Å². The lowest BCUT2D eigenvalue weighted by atomic mass is 10.1. The third-order valence-corrected chi connectivity index (χ3v) is 5.96. The van der Waals surface area contributed by atoms with Crippen molar-refractivity contribution >= 4 is 15.9 Å². The van der Waals surface area contributed by atoms with Crippen molar-refractivity contribution in [1.29, 1.82) is 0 Å². The standard InChI is InChI=1S/C18H21FN2O3S/c1-13(14-5-9-16(19)10-6-14)21(4)18(22)15-7-11-17(12-8-15)25(23,24)20(2)3/h5-13H,1-4H3. The topological polar surface area (TPSA) is 57.7 Å². The molecule has 0 saturated carbocycles. The van der Waals surface area contributed by atoms with E-state index in [-0.39, 0.29) is 22.7 Å². The van der Waals surface area contributed by atoms with Gasteiger partial charge in [-0.05, 0) is 48.9 Å². The summed E-state index contributed by atoms with van der Waals surface area (Å²) in [7, 11) is 1.03. The second kappa shape index (κ2) is 7.33. The van der Waals surface area contributed by atoms with Crippen molar-refractivity contribution in [3.05, 3.63) is 65.5 Å². The Balaban J connectivity index is 2.21. The number of carbonyl (C=O) groups excluding carboxylic acids is 1. The van der Waals surface area contributed by atoms with Gasteiger partial charge in [-0.2, -0.15) is 0 Å². The van der Waals surface area contributed by atoms with Gasteiger partial charge < -0.3 is 4.90 Å². The molecular formula is C18H21FN2O3S. The maximum atomic E-state index is 13.0. The molecule has 0 aliphatic rings. The summed E-state index contributed by atoms with van der Waals surface area (Å²) in [6, 6.07) is 11.5. The number of halogens is 1. The van der Waals surface area contributed by atoms with Crippen LogP contribution in [0.1, 0.15) is 28.9 Å². The van der Waals surface area contributed by atoms with E-state index in [1.807, 2.05) is 6.92 Å². The van der Waals surface area contributed by atoms with E-state index in [1.165, 1.54) is 55.4 Å². The molecule has 1 atom stereocenters. The Morgan fingerprint density at radius 3 is 1.96 bits per heavy atom. The van der Waals surface area contributed by atoms with Crippen LogP contribution in [0.5, 0.6) is 0 Å². The molecule has 134 valence electrons. The molecule has 0 aliphatic carbocycles. The van der Waals surface area contributed by atoms with Gasteiger partial charge in [-0.15, -0.1) is 0 Å². The van der Waals surface area contributed by atoms with E-state index in [0.29, 0.717) is 5.56 Å². The Kier molecular flexibility index (Phi) is 5.59. The normalized spacial score (nSPS) is 12.9. The number of carbonyl (C=O) groups is 1. The van der Waals surface area contributed by atoms with E-state index < -0.39 is 10.0 Å². The van der Waals surface area contributed by atoms with Crippen molar-refractivity contribution in [3.63, 3.8) is 0 Å². The number of nitrogens with zero attached hydrogens (tertiary/aromatic N) is 2. The van der Waals surface area contributed by atoms with E-state index in [9.17, 15) is 17.6 Å². The number of sulfonamides is 1. The van der Waals surface area contributed by atoms with E-state index in [1.54, 1.807) is 19.2 Å². The van der Waals surface area contributed by atoms with E-state index in [2.05, 4.69) is 0 Å². The summed E-state index contributed by atoms with van der Waals surface area (Å²) in [5, 5.41) is 0. The van der Waals surface area contributed by atoms with Crippen LogP contribution in [-0.2, 0) is 10.0 Å². The predicted molar refractivity (Wildman–Crippen MR) is 94.2 cm³/mol. The first-order chi connectivity index (χ1) is 11.6. The Morgan fingerprint density at radius 1 is 0.960 bits per heavy atom. The summed E-state index contributed by atoms with van der Waals surface area (Å²) in [5.41, 5.74) is 1.19. The number of amides is 1. The Labute approximate surface area is 147 Å². The van der Waals surface area contributed by atoms with Crippen molar-refractivity contribution in [3.8, 4) is 0 Å². The van der Waals surface area contributed by atoms with Gasteiger partial charge in [0.1, 0.15) is 5.82 Å². The summed E-state index contributed by atoms with van der Waals surface area (Å²) >= 11 is 0. The molecule has 1 amide bonds. The van der Waals surface area contributed by atoms with Gasteiger partial charge in [-0.25, -0.2) is 17.1 Å². The molecule has 0 N–H and O–H groups in total. The maximum absolute atomic E-state index is 13.0. The zero-order valence-electron chi connectivity index (χ0n) is 14.6. The van der Waals surface area contributed by atoms with Crippen LogP contribution in [0.15, 0.2) is 53.4 Å². The second-order valence-corrected chi connectivity index (χ2v) is 8.11. The minimum absolute atomic E-state index is 0.128. The van der Waals surface area contributed by atoms with Gasteiger partial charge in [0.05, 0.1) is 10.9 Å². The fourth-order valence-corrected chi connectivity index (χ4v) is 3.23. The van der Waals surface area contributed by atoms with Crippen molar-refractivity contribution in [2.24, 2.45) is 0 Å². The largest absolute Gasteiger partial charge is 0.335 e. The summed E-state index contributed by atoms with van der Waals surface area (Å²) < 4.78 is 38.3. The highest BCUT2D eigenvalue weighted by molar-refractivity contribution is 7.89. The van der Waals surface area contributed by atoms with Crippen LogP contribution in [0.3, 0.4) is 0 Å². The Hall–Kier alpha value is -2.25. The van der Waals surface area contributed by atoms with Gasteiger partial charge in [0.15, 0.2) is 0 Å². The number of rotatable bonds is 5. The number of benzene rings is 2. The molecular weight excluding hydrogens is 343 g/mol. The SMILES string of the molecule is CC(c1ccc(F)cc1)N(C)C(=O)c1ccc(S(=O)(=O)N(C)C)cc1. The average molecular weight is 364 g/mol. The zero-order chi connectivity index (χ0) is 18.8. The van der Waals surface area contributed by atoms with E-state index in [4.69, 9.17) is 0 Å². The van der Waals surface area contributed by atoms with Crippen LogP contribution >= 0.6 is 0 Å². The lowest BCUT2D eigenvalue weighted by Crippen LogP contribution is -2.29. The molecule has 0 radical (unpaired) electrons. The van der Waals surface area contributed by atoms with Crippen LogP contribution in [0, 0.1) is 5.82 Å². The maximum Gasteiger partial charge on any atom is 0.254 e. The van der Waals surface area contributed by atoms with Gasteiger partial charge in [0.25, 0.3) is 5.91 Å². The van der Waals surface area contributed by atoms with Crippen molar-refractivity contribution in [2.75, 3.05) is 21.1 Å². The fourth-order valence-electron chi connectivity index (χ4n) is 2.32. The Bertz CT molecular complexity index is 847. The molecule has 0 aromatic heterocycles. The van der Waals surface area contributed by atoms with Crippen LogP contribution in [-0.4, -0.2) is 44.7 Å². The summed E-state index contributed by atoms with van der Waals surface area (Å²) in [6.07, 6.45) is 0. The van der Waals surface area contributed by atoms with Crippen molar-refractivity contribution < 1.29 is 17.6 Å². The summed E-state index contributed by atoms with van der Waals surface area (Å²) in [4.78, 5) is 14.3. The molecule has 0 saturated heterocycles. The molecule has 25 heavy (non-hydrogen) atoms. The van der Waals surface area contributed by atoms with E-state index in [0.717, 1.165) is 9.87 Å². The molecule has 2 aromatic rings. The smallest absolute Gasteiger partial charge is 0.254 e. The molecule has 0 fully saturated rings. The molecule has 7 heteroatoms. The van der Waals surface area contributed by atoms with E-state index >= 15 is 0 Å². The third-order valence-electron chi connectivity index (χ3n) is 4.13. The zero-order valence-corrected chi connectivity index (χ0v) is 15.4. The molecule has 2 rings (SSSR count). The van der Waals surface area contributed by atoms with Crippen molar-refractivity contribution in [1.82, 2.24) is 9.21 Å². The van der Waals surface area contributed by atoms with Gasteiger partial charge in [-0.3, -0.25) is 4.79 Å². The molecule has 5 nitrogen and oxygen atoms in total. The number of hydrogen-bond donors (Lipinski definition) is 0. The van der Waals surface area contributed by atoms with Gasteiger partial charge >= 0.3 is 0 Å². The monoisotopic (exact) mass is 364 g/mol. The first-order valence-corrected chi connectivity index (χ1v) is 9.14. The predicted octanol–water partition coefficient (Wildman–Crippen LogP) is 2.91. The highest BCUT2D eigenvalue weighted by Gasteiger charge is 2.21. The summed E-state index contributed by atoms with van der Waals surface area (Å²) in [5.74, 6) is -0.576. The van der Waals surface area contributed by atoms with Gasteiger partial charge in [0.2, 0.25) is 10.0 Å². The first kappa shape index (κ1) is 19.1. The molecule has 0 bridgehead atoms. The van der Waals surface area contributed by atoms with Crippen molar-refractivity contribution in [2.45, 2.75) is 17.9 Å². The third kappa shape index (κ3) is 4.05. The Morgan fingerprint density at radius 2 is 1.48 bits per heavy atom. The average Bonchev–Trinajstić information content (AvgIpc) is 2.60. The number of hydrogen-bond acceptors (Lipinski definition) is 3. The fraction of sp³-hybridized carbons (Fsp3) is 0.278.